The molecule has 128 valence electrons. The van der Waals surface area contributed by atoms with Crippen molar-refractivity contribution in [3.8, 4) is 11.8 Å². The number of thioether (sulfide) groups is 1. The van der Waals surface area contributed by atoms with Gasteiger partial charge in [-0.25, -0.2) is 4.98 Å². The predicted octanol–water partition coefficient (Wildman–Crippen LogP) is 2.61. The van der Waals surface area contributed by atoms with E-state index in [0.717, 1.165) is 11.1 Å². The van der Waals surface area contributed by atoms with Crippen LogP contribution in [0.2, 0.25) is 0 Å². The number of alkyl halides is 2. The number of hydrogen-bond acceptors (Lipinski definition) is 6. The van der Waals surface area contributed by atoms with Gasteiger partial charge < -0.3 is 14.5 Å². The summed E-state index contributed by atoms with van der Waals surface area (Å²) in [4.78, 5) is 23.0. The summed E-state index contributed by atoms with van der Waals surface area (Å²) in [5, 5.41) is 0.451. The van der Waals surface area contributed by atoms with Crippen LogP contribution < -0.4 is 15.0 Å². The van der Waals surface area contributed by atoms with Crippen molar-refractivity contribution in [3.63, 3.8) is 0 Å². The van der Waals surface area contributed by atoms with Crippen LogP contribution in [0.4, 0.5) is 8.78 Å². The van der Waals surface area contributed by atoms with E-state index in [-0.39, 0.29) is 11.4 Å². The number of aromatic nitrogens is 3. The Labute approximate surface area is 140 Å². The van der Waals surface area contributed by atoms with Crippen molar-refractivity contribution in [2.45, 2.75) is 37.8 Å². The average Bonchev–Trinajstić information content (AvgIpc) is 2.94. The van der Waals surface area contributed by atoms with Crippen LogP contribution in [0.25, 0.3) is 0 Å². The average molecular weight is 355 g/mol. The lowest BCUT2D eigenvalue weighted by molar-refractivity contribution is -0.0529. The second-order valence-corrected chi connectivity index (χ2v) is 6.23. The molecule has 2 aromatic heterocycles. The minimum Gasteiger partial charge on any atom is -0.477 e. The third-order valence-corrected chi connectivity index (χ3v) is 4.54. The number of nitrogens with one attached hydrogen (secondary N) is 1. The van der Waals surface area contributed by atoms with E-state index in [2.05, 4.69) is 19.7 Å². The molecule has 0 saturated heterocycles. The van der Waals surface area contributed by atoms with Gasteiger partial charge in [-0.15, -0.1) is 0 Å². The van der Waals surface area contributed by atoms with Crippen molar-refractivity contribution in [1.82, 2.24) is 15.0 Å². The monoisotopic (exact) mass is 355 g/mol. The molecule has 0 amide bonds. The Hall–Kier alpha value is -2.16. The first kappa shape index (κ1) is 16.7. The van der Waals surface area contributed by atoms with Crippen LogP contribution in [-0.2, 0) is 12.2 Å². The van der Waals surface area contributed by atoms with Crippen LogP contribution in [0.1, 0.15) is 22.4 Å². The summed E-state index contributed by atoms with van der Waals surface area (Å²) >= 11 is 1.33. The van der Waals surface area contributed by atoms with Crippen molar-refractivity contribution in [3.05, 3.63) is 38.8 Å². The van der Waals surface area contributed by atoms with Crippen LogP contribution >= 0.6 is 11.8 Å². The molecule has 3 rings (SSSR count). The molecule has 1 aliphatic rings. The van der Waals surface area contributed by atoms with E-state index in [0.29, 0.717) is 41.1 Å². The number of hydrogen-bond donors (Lipinski definition) is 1. The molecule has 0 atom stereocenters. The summed E-state index contributed by atoms with van der Waals surface area (Å²) < 4.78 is 34.2. The lowest BCUT2D eigenvalue weighted by Crippen LogP contribution is -2.12. The van der Waals surface area contributed by atoms with E-state index >= 15 is 0 Å². The normalized spacial score (nSPS) is 13.0. The van der Waals surface area contributed by atoms with E-state index in [1.165, 1.54) is 17.8 Å². The summed E-state index contributed by atoms with van der Waals surface area (Å²) in [5.74, 6) is 0.765. The van der Waals surface area contributed by atoms with Crippen molar-refractivity contribution in [2.75, 3.05) is 6.61 Å². The predicted molar refractivity (Wildman–Crippen MR) is 84.0 cm³/mol. The largest absolute Gasteiger partial charge is 0.477 e. The smallest absolute Gasteiger partial charge is 0.388 e. The van der Waals surface area contributed by atoms with Gasteiger partial charge in [0, 0.05) is 23.9 Å². The van der Waals surface area contributed by atoms with Gasteiger partial charge >= 0.3 is 6.61 Å². The Morgan fingerprint density at radius 2 is 2.21 bits per heavy atom. The van der Waals surface area contributed by atoms with E-state index in [1.54, 1.807) is 13.8 Å². The highest BCUT2D eigenvalue weighted by atomic mass is 32.2. The molecule has 6 nitrogen and oxygen atoms in total. The van der Waals surface area contributed by atoms with Crippen molar-refractivity contribution < 1.29 is 18.3 Å². The van der Waals surface area contributed by atoms with Gasteiger partial charge in [0.2, 0.25) is 11.8 Å². The van der Waals surface area contributed by atoms with Crippen LogP contribution in [0, 0.1) is 13.8 Å². The number of ether oxygens (including phenoxy) is 2. The molecule has 9 heteroatoms. The zero-order valence-electron chi connectivity index (χ0n) is 13.1. The zero-order valence-corrected chi connectivity index (χ0v) is 13.9. The quantitative estimate of drug-likeness (QED) is 0.656. The number of fused-ring (bicyclic) bond motifs is 1. The lowest BCUT2D eigenvalue weighted by atomic mass is 10.1. The molecule has 3 heterocycles. The van der Waals surface area contributed by atoms with Crippen LogP contribution in [-0.4, -0.2) is 28.2 Å². The van der Waals surface area contributed by atoms with Gasteiger partial charge in [-0.05, 0) is 25.0 Å². The summed E-state index contributed by atoms with van der Waals surface area (Å²) in [6.07, 6.45) is 0.566. The molecular weight excluding hydrogens is 340 g/mol. The fourth-order valence-electron chi connectivity index (χ4n) is 2.45. The molecule has 0 unspecified atom stereocenters. The highest BCUT2D eigenvalue weighted by Gasteiger charge is 2.19. The maximum Gasteiger partial charge on any atom is 0.388 e. The molecule has 0 saturated carbocycles. The number of aromatic amines is 1. The maximum atomic E-state index is 12.3. The number of halogens is 2. The van der Waals surface area contributed by atoms with E-state index in [9.17, 15) is 13.6 Å². The maximum absolute atomic E-state index is 12.3. The Morgan fingerprint density at radius 3 is 2.92 bits per heavy atom. The molecule has 0 spiro atoms. The van der Waals surface area contributed by atoms with E-state index in [1.807, 2.05) is 0 Å². The number of rotatable bonds is 5. The standard InChI is InChI=1S/C15H15F2N3O3S/c1-7-5-11(23-14(16)17)18-8(2)10(7)6-24-15-19-12(21)9-3-4-22-13(9)20-15/h5,14H,3-4,6H2,1-2H3,(H,19,20,21). The van der Waals surface area contributed by atoms with Crippen molar-refractivity contribution >= 4 is 11.8 Å². The molecule has 2 aromatic rings. The van der Waals surface area contributed by atoms with Crippen LogP contribution in [0.5, 0.6) is 11.8 Å². The first-order chi connectivity index (χ1) is 11.4. The van der Waals surface area contributed by atoms with Gasteiger partial charge in [0.15, 0.2) is 5.16 Å². The molecule has 24 heavy (non-hydrogen) atoms. The molecular formula is C15H15F2N3O3S. The first-order valence-electron chi connectivity index (χ1n) is 7.24. The fourth-order valence-corrected chi connectivity index (χ4v) is 3.48. The summed E-state index contributed by atoms with van der Waals surface area (Å²) in [7, 11) is 0. The minimum absolute atomic E-state index is 0.105. The van der Waals surface area contributed by atoms with Gasteiger partial charge in [-0.3, -0.25) is 4.79 Å². The molecule has 0 aliphatic carbocycles. The summed E-state index contributed by atoms with van der Waals surface area (Å²) in [6.45, 7) is 1.08. The molecule has 1 aliphatic heterocycles. The fraction of sp³-hybridized carbons (Fsp3) is 0.400. The number of aryl methyl sites for hydroxylation is 2. The Morgan fingerprint density at radius 1 is 1.42 bits per heavy atom. The van der Waals surface area contributed by atoms with E-state index in [4.69, 9.17) is 4.74 Å². The zero-order chi connectivity index (χ0) is 17.3. The van der Waals surface area contributed by atoms with Crippen molar-refractivity contribution in [1.29, 1.82) is 0 Å². The van der Waals surface area contributed by atoms with Crippen LogP contribution in [0.3, 0.4) is 0 Å². The van der Waals surface area contributed by atoms with Gasteiger partial charge in [-0.1, -0.05) is 11.8 Å². The molecule has 0 radical (unpaired) electrons. The minimum atomic E-state index is -2.91. The summed E-state index contributed by atoms with van der Waals surface area (Å²) in [5.41, 5.74) is 2.64. The second kappa shape index (κ2) is 6.76. The van der Waals surface area contributed by atoms with Crippen molar-refractivity contribution in [2.24, 2.45) is 0 Å². The van der Waals surface area contributed by atoms with Gasteiger partial charge in [0.1, 0.15) is 0 Å². The number of pyridine rings is 1. The second-order valence-electron chi connectivity index (χ2n) is 5.26. The van der Waals surface area contributed by atoms with Gasteiger partial charge in [0.05, 0.1) is 12.2 Å². The highest BCUT2D eigenvalue weighted by molar-refractivity contribution is 7.98. The number of H-pyrrole nitrogens is 1. The Bertz CT molecular complexity index is 803. The summed E-state index contributed by atoms with van der Waals surface area (Å²) in [6, 6.07) is 1.47. The SMILES string of the molecule is Cc1cc(OC(F)F)nc(C)c1CSc1nc2c(c(=O)[nH]1)CCO2. The molecule has 0 fully saturated rings. The Balaban J connectivity index is 1.78. The van der Waals surface area contributed by atoms with Gasteiger partial charge in [-0.2, -0.15) is 13.8 Å². The lowest BCUT2D eigenvalue weighted by Gasteiger charge is -2.12. The third-order valence-electron chi connectivity index (χ3n) is 3.64. The number of nitrogens with zero attached hydrogens (tertiary/aromatic N) is 2. The van der Waals surface area contributed by atoms with Gasteiger partial charge in [0.25, 0.3) is 5.56 Å². The molecule has 1 N–H and O–H groups in total. The third kappa shape index (κ3) is 3.50. The molecule has 0 bridgehead atoms. The van der Waals surface area contributed by atoms with Crippen LogP contribution in [0.15, 0.2) is 16.0 Å². The first-order valence-corrected chi connectivity index (χ1v) is 8.23. The molecule has 0 aromatic carbocycles. The highest BCUT2D eigenvalue weighted by Crippen LogP contribution is 2.28. The Kier molecular flexibility index (Phi) is 4.70. The van der Waals surface area contributed by atoms with E-state index < -0.39 is 6.61 Å². The topological polar surface area (TPSA) is 77.1 Å².